The smallest absolute Gasteiger partial charge is 0.316 e. The van der Waals surface area contributed by atoms with Crippen LogP contribution in [0.2, 0.25) is 0 Å². The van der Waals surface area contributed by atoms with Crippen LogP contribution >= 0.6 is 15.9 Å². The van der Waals surface area contributed by atoms with Gasteiger partial charge in [-0.25, -0.2) is 4.79 Å². The summed E-state index contributed by atoms with van der Waals surface area (Å²) in [6, 6.07) is 8.59. The number of carbonyl (C=O) groups is 1. The van der Waals surface area contributed by atoms with Gasteiger partial charge < -0.3 is 15.5 Å². The summed E-state index contributed by atoms with van der Waals surface area (Å²) in [7, 11) is 3.47. The maximum atomic E-state index is 11.3. The van der Waals surface area contributed by atoms with E-state index in [0.717, 1.165) is 17.4 Å². The Kier molecular flexibility index (Phi) is 6.87. The average Bonchev–Trinajstić information content (AvgIpc) is 2.40. The Bertz CT molecular complexity index is 392. The van der Waals surface area contributed by atoms with E-state index in [-0.39, 0.29) is 6.03 Å². The maximum Gasteiger partial charge on any atom is 0.316 e. The van der Waals surface area contributed by atoms with Gasteiger partial charge in [0.05, 0.1) is 0 Å². The van der Waals surface area contributed by atoms with Gasteiger partial charge in [-0.15, -0.1) is 0 Å². The van der Waals surface area contributed by atoms with Crippen LogP contribution in [0.5, 0.6) is 0 Å². The largest absolute Gasteiger partial charge is 0.337 e. The summed E-state index contributed by atoms with van der Waals surface area (Å²) in [5, 5.41) is 6.29. The van der Waals surface area contributed by atoms with Crippen molar-refractivity contribution in [2.24, 2.45) is 0 Å². The first-order valence-corrected chi connectivity index (χ1v) is 7.28. The molecule has 0 aliphatic rings. The Morgan fingerprint density at radius 1 is 1.26 bits per heavy atom. The van der Waals surface area contributed by atoms with Crippen LogP contribution in [0.25, 0.3) is 0 Å². The molecule has 106 valence electrons. The molecule has 2 amide bonds. The lowest BCUT2D eigenvalue weighted by molar-refractivity contribution is 0.217. The van der Waals surface area contributed by atoms with Gasteiger partial charge in [0.2, 0.25) is 0 Å². The highest BCUT2D eigenvalue weighted by Gasteiger charge is 2.08. The number of benzene rings is 1. The van der Waals surface area contributed by atoms with Crippen molar-refractivity contribution in [2.75, 3.05) is 27.2 Å². The number of amides is 2. The topological polar surface area (TPSA) is 44.4 Å². The Hall–Kier alpha value is -1.07. The quantitative estimate of drug-likeness (QED) is 0.789. The standard InChI is InChI=1S/C14H22BrN3O/c1-4-13(11-5-7-12(15)8-6-11)16-9-10-17-14(19)18(2)3/h5-8,13,16H,4,9-10H2,1-3H3,(H,17,19). The fourth-order valence-corrected chi connectivity index (χ4v) is 2.03. The SMILES string of the molecule is CCC(NCCNC(=O)N(C)C)c1ccc(Br)cc1. The second kappa shape index (κ2) is 8.17. The van der Waals surface area contributed by atoms with Crippen LogP contribution < -0.4 is 10.6 Å². The first-order chi connectivity index (χ1) is 9.04. The molecule has 0 bridgehead atoms. The van der Waals surface area contributed by atoms with Crippen molar-refractivity contribution >= 4 is 22.0 Å². The van der Waals surface area contributed by atoms with Crippen LogP contribution in [0.3, 0.4) is 0 Å². The maximum absolute atomic E-state index is 11.3. The third kappa shape index (κ3) is 5.61. The molecule has 1 rings (SSSR count). The van der Waals surface area contributed by atoms with E-state index in [1.807, 2.05) is 12.1 Å². The van der Waals surface area contributed by atoms with Crippen molar-refractivity contribution in [1.82, 2.24) is 15.5 Å². The zero-order valence-corrected chi connectivity index (χ0v) is 13.3. The summed E-state index contributed by atoms with van der Waals surface area (Å²) in [5.74, 6) is 0. The number of nitrogens with one attached hydrogen (secondary N) is 2. The summed E-state index contributed by atoms with van der Waals surface area (Å²) in [6.07, 6.45) is 1.02. The third-order valence-corrected chi connectivity index (χ3v) is 3.41. The van der Waals surface area contributed by atoms with Crippen molar-refractivity contribution in [1.29, 1.82) is 0 Å². The molecule has 5 heteroatoms. The van der Waals surface area contributed by atoms with Gasteiger partial charge in [-0.05, 0) is 24.1 Å². The van der Waals surface area contributed by atoms with E-state index >= 15 is 0 Å². The molecule has 19 heavy (non-hydrogen) atoms. The molecule has 1 aromatic carbocycles. The first kappa shape index (κ1) is 16.0. The van der Waals surface area contributed by atoms with E-state index in [1.165, 1.54) is 10.5 Å². The Morgan fingerprint density at radius 2 is 1.89 bits per heavy atom. The van der Waals surface area contributed by atoms with Crippen LogP contribution in [0, 0.1) is 0 Å². The Labute approximate surface area is 123 Å². The summed E-state index contributed by atoms with van der Waals surface area (Å²) in [6.45, 7) is 3.54. The van der Waals surface area contributed by atoms with Crippen LogP contribution in [0.15, 0.2) is 28.7 Å². The number of halogens is 1. The monoisotopic (exact) mass is 327 g/mol. The number of carbonyl (C=O) groups excluding carboxylic acids is 1. The zero-order valence-electron chi connectivity index (χ0n) is 11.7. The average molecular weight is 328 g/mol. The predicted molar refractivity (Wildman–Crippen MR) is 82.3 cm³/mol. The van der Waals surface area contributed by atoms with Crippen LogP contribution in [-0.2, 0) is 0 Å². The number of hydrogen-bond acceptors (Lipinski definition) is 2. The molecule has 0 radical (unpaired) electrons. The van der Waals surface area contributed by atoms with Crippen molar-refractivity contribution in [3.63, 3.8) is 0 Å². The van der Waals surface area contributed by atoms with Gasteiger partial charge in [0.15, 0.2) is 0 Å². The van der Waals surface area contributed by atoms with E-state index in [1.54, 1.807) is 14.1 Å². The van der Waals surface area contributed by atoms with Gasteiger partial charge in [-0.3, -0.25) is 0 Å². The van der Waals surface area contributed by atoms with E-state index < -0.39 is 0 Å². The predicted octanol–water partition coefficient (Wildman–Crippen LogP) is 2.76. The molecule has 0 spiro atoms. The van der Waals surface area contributed by atoms with E-state index in [4.69, 9.17) is 0 Å². The molecule has 4 nitrogen and oxygen atoms in total. The molecule has 0 aliphatic heterocycles. The Morgan fingerprint density at radius 3 is 2.42 bits per heavy atom. The summed E-state index contributed by atoms with van der Waals surface area (Å²) in [4.78, 5) is 12.9. The summed E-state index contributed by atoms with van der Waals surface area (Å²) in [5.41, 5.74) is 1.27. The normalized spacial score (nSPS) is 12.0. The molecule has 2 N–H and O–H groups in total. The van der Waals surface area contributed by atoms with Crippen molar-refractivity contribution in [3.05, 3.63) is 34.3 Å². The molecule has 0 aliphatic carbocycles. The van der Waals surface area contributed by atoms with E-state index in [2.05, 4.69) is 45.6 Å². The van der Waals surface area contributed by atoms with Gasteiger partial charge in [-0.2, -0.15) is 0 Å². The zero-order chi connectivity index (χ0) is 14.3. The number of hydrogen-bond donors (Lipinski definition) is 2. The molecule has 0 fully saturated rings. The van der Waals surface area contributed by atoms with Gasteiger partial charge in [0.1, 0.15) is 0 Å². The summed E-state index contributed by atoms with van der Waals surface area (Å²) < 4.78 is 1.09. The molecular formula is C14H22BrN3O. The van der Waals surface area contributed by atoms with Gasteiger partial charge in [0, 0.05) is 37.7 Å². The number of nitrogens with zero attached hydrogens (tertiary/aromatic N) is 1. The second-order valence-corrected chi connectivity index (χ2v) is 5.51. The number of urea groups is 1. The highest BCUT2D eigenvalue weighted by Crippen LogP contribution is 2.18. The molecule has 0 saturated carbocycles. The fourth-order valence-electron chi connectivity index (χ4n) is 1.77. The summed E-state index contributed by atoms with van der Waals surface area (Å²) >= 11 is 3.44. The lowest BCUT2D eigenvalue weighted by atomic mass is 10.0. The minimum atomic E-state index is -0.0570. The van der Waals surface area contributed by atoms with Crippen LogP contribution in [-0.4, -0.2) is 38.1 Å². The van der Waals surface area contributed by atoms with E-state index in [9.17, 15) is 4.79 Å². The molecule has 1 unspecified atom stereocenters. The lowest BCUT2D eigenvalue weighted by Crippen LogP contribution is -2.39. The highest BCUT2D eigenvalue weighted by atomic mass is 79.9. The van der Waals surface area contributed by atoms with Gasteiger partial charge in [0.25, 0.3) is 0 Å². The molecular weight excluding hydrogens is 306 g/mol. The minimum absolute atomic E-state index is 0.0570. The van der Waals surface area contributed by atoms with Crippen LogP contribution in [0.1, 0.15) is 24.9 Å². The minimum Gasteiger partial charge on any atom is -0.337 e. The molecule has 0 aromatic heterocycles. The van der Waals surface area contributed by atoms with Crippen molar-refractivity contribution in [2.45, 2.75) is 19.4 Å². The number of rotatable bonds is 6. The first-order valence-electron chi connectivity index (χ1n) is 6.48. The van der Waals surface area contributed by atoms with Gasteiger partial charge in [-0.1, -0.05) is 35.0 Å². The Balaban J connectivity index is 2.37. The second-order valence-electron chi connectivity index (χ2n) is 4.59. The molecule has 1 aromatic rings. The van der Waals surface area contributed by atoms with Crippen molar-refractivity contribution in [3.8, 4) is 0 Å². The van der Waals surface area contributed by atoms with Gasteiger partial charge >= 0.3 is 6.03 Å². The van der Waals surface area contributed by atoms with Crippen molar-refractivity contribution < 1.29 is 4.79 Å². The highest BCUT2D eigenvalue weighted by molar-refractivity contribution is 9.10. The van der Waals surface area contributed by atoms with E-state index in [0.29, 0.717) is 12.6 Å². The lowest BCUT2D eigenvalue weighted by Gasteiger charge is -2.18. The molecule has 0 heterocycles. The molecule has 0 saturated heterocycles. The molecule has 1 atom stereocenters. The van der Waals surface area contributed by atoms with Crippen LogP contribution in [0.4, 0.5) is 4.79 Å². The third-order valence-electron chi connectivity index (χ3n) is 2.88. The fraction of sp³-hybridized carbons (Fsp3) is 0.500.